The lowest BCUT2D eigenvalue weighted by Gasteiger charge is -2.40. The van der Waals surface area contributed by atoms with Crippen LogP contribution in [0.25, 0.3) is 0 Å². The Morgan fingerprint density at radius 3 is 2.06 bits per heavy atom. The maximum atomic E-state index is 7.38. The maximum absolute atomic E-state index is 7.38. The van der Waals surface area contributed by atoms with Crippen molar-refractivity contribution < 1.29 is 0 Å². The summed E-state index contributed by atoms with van der Waals surface area (Å²) in [6.07, 6.45) is 6.97. The van der Waals surface area contributed by atoms with Gasteiger partial charge in [0, 0.05) is 32.2 Å². The summed E-state index contributed by atoms with van der Waals surface area (Å²) in [4.78, 5) is 4.57. The zero-order chi connectivity index (χ0) is 10.7. The average molecular weight is 338 g/mol. The highest BCUT2D eigenvalue weighted by molar-refractivity contribution is 14.0. The van der Waals surface area contributed by atoms with Gasteiger partial charge < -0.3 is 10.6 Å². The molecule has 1 aliphatic heterocycles. The molecule has 5 heteroatoms. The Bertz CT molecular complexity index is 220. The van der Waals surface area contributed by atoms with Gasteiger partial charge in [-0.05, 0) is 12.8 Å². The molecule has 0 aromatic heterocycles. The molecule has 1 saturated carbocycles. The van der Waals surface area contributed by atoms with E-state index in [0.717, 1.165) is 32.2 Å². The fourth-order valence-electron chi connectivity index (χ4n) is 2.77. The number of hydrogen-bond acceptors (Lipinski definition) is 2. The topological polar surface area (TPSA) is 56.4 Å². The van der Waals surface area contributed by atoms with Crippen molar-refractivity contribution in [3.05, 3.63) is 0 Å². The molecule has 0 amide bonds. The lowest BCUT2D eigenvalue weighted by atomic mass is 9.94. The van der Waals surface area contributed by atoms with Gasteiger partial charge in [-0.25, -0.2) is 0 Å². The van der Waals surface area contributed by atoms with E-state index >= 15 is 0 Å². The first-order valence-corrected chi connectivity index (χ1v) is 6.10. The molecule has 0 unspecified atom stereocenters. The molecule has 1 aliphatic carbocycles. The second-order valence-corrected chi connectivity index (χ2v) is 4.70. The van der Waals surface area contributed by atoms with Crippen LogP contribution in [0.15, 0.2) is 0 Å². The minimum absolute atomic E-state index is 0. The molecule has 94 valence electrons. The van der Waals surface area contributed by atoms with Crippen molar-refractivity contribution in [3.8, 4) is 0 Å². The predicted octanol–water partition coefficient (Wildman–Crippen LogP) is 1.45. The van der Waals surface area contributed by atoms with Gasteiger partial charge in [-0.1, -0.05) is 19.3 Å². The first kappa shape index (κ1) is 14.0. The third-order valence-electron chi connectivity index (χ3n) is 3.75. The summed E-state index contributed by atoms with van der Waals surface area (Å²) in [6, 6.07) is 0.813. The fourth-order valence-corrected chi connectivity index (χ4v) is 2.77. The molecular weight excluding hydrogens is 315 g/mol. The molecule has 0 bridgehead atoms. The Balaban J connectivity index is 0.00000128. The molecule has 1 saturated heterocycles. The highest BCUT2D eigenvalue weighted by atomic mass is 127. The number of guanidine groups is 1. The zero-order valence-corrected chi connectivity index (χ0v) is 12.2. The Morgan fingerprint density at radius 1 is 1.00 bits per heavy atom. The number of halogens is 1. The average Bonchev–Trinajstić information content (AvgIpc) is 2.30. The van der Waals surface area contributed by atoms with Gasteiger partial charge in [-0.2, -0.15) is 0 Å². The van der Waals surface area contributed by atoms with Crippen LogP contribution in [0.3, 0.4) is 0 Å². The van der Waals surface area contributed by atoms with Crippen LogP contribution in [-0.2, 0) is 0 Å². The largest absolute Gasteiger partial charge is 0.370 e. The second-order valence-electron chi connectivity index (χ2n) is 4.70. The number of piperazine rings is 1. The number of hydrogen-bond donors (Lipinski definition) is 2. The summed E-state index contributed by atoms with van der Waals surface area (Å²) in [5.74, 6) is 0.235. The van der Waals surface area contributed by atoms with E-state index in [4.69, 9.17) is 11.1 Å². The van der Waals surface area contributed by atoms with Crippen LogP contribution in [-0.4, -0.2) is 48.0 Å². The predicted molar refractivity (Wildman–Crippen MR) is 77.3 cm³/mol. The molecule has 0 aromatic carbocycles. The minimum atomic E-state index is 0. The molecule has 0 atom stereocenters. The van der Waals surface area contributed by atoms with Crippen LogP contribution in [0.1, 0.15) is 32.1 Å². The normalized spacial score (nSPS) is 23.9. The smallest absolute Gasteiger partial charge is 0.188 e. The molecule has 3 N–H and O–H groups in total. The van der Waals surface area contributed by atoms with Gasteiger partial charge in [-0.3, -0.25) is 10.3 Å². The molecule has 0 spiro atoms. The Kier molecular flexibility index (Phi) is 5.82. The van der Waals surface area contributed by atoms with Crippen LogP contribution >= 0.6 is 24.0 Å². The zero-order valence-electron chi connectivity index (χ0n) is 9.82. The van der Waals surface area contributed by atoms with Crippen molar-refractivity contribution in [1.29, 1.82) is 5.41 Å². The Morgan fingerprint density at radius 2 is 1.56 bits per heavy atom. The lowest BCUT2D eigenvalue weighted by Crippen LogP contribution is -2.53. The molecule has 0 aromatic rings. The summed E-state index contributed by atoms with van der Waals surface area (Å²) in [6.45, 7) is 4.05. The van der Waals surface area contributed by atoms with Crippen LogP contribution in [0.4, 0.5) is 0 Å². The molecule has 0 radical (unpaired) electrons. The van der Waals surface area contributed by atoms with E-state index in [1.54, 1.807) is 0 Å². The van der Waals surface area contributed by atoms with Crippen LogP contribution in [0.2, 0.25) is 0 Å². The molecule has 2 fully saturated rings. The number of nitrogens with zero attached hydrogens (tertiary/aromatic N) is 2. The third kappa shape index (κ3) is 3.48. The van der Waals surface area contributed by atoms with Gasteiger partial charge in [0.25, 0.3) is 0 Å². The summed E-state index contributed by atoms with van der Waals surface area (Å²) in [5.41, 5.74) is 5.48. The van der Waals surface area contributed by atoms with Crippen molar-refractivity contribution >= 4 is 29.9 Å². The lowest BCUT2D eigenvalue weighted by molar-refractivity contribution is 0.106. The van der Waals surface area contributed by atoms with E-state index in [2.05, 4.69) is 4.90 Å². The SMILES string of the molecule is I.N=C(N)N1CCN(C2CCCCC2)CC1. The maximum Gasteiger partial charge on any atom is 0.188 e. The quantitative estimate of drug-likeness (QED) is 0.432. The summed E-state index contributed by atoms with van der Waals surface area (Å²) >= 11 is 0. The van der Waals surface area contributed by atoms with Crippen molar-refractivity contribution in [2.75, 3.05) is 26.2 Å². The van der Waals surface area contributed by atoms with E-state index in [-0.39, 0.29) is 29.9 Å². The minimum Gasteiger partial charge on any atom is -0.370 e. The molecule has 2 rings (SSSR count). The Labute approximate surface area is 115 Å². The first-order chi connectivity index (χ1) is 7.27. The summed E-state index contributed by atoms with van der Waals surface area (Å²) in [7, 11) is 0. The molecular formula is C11H23IN4. The number of rotatable bonds is 1. The summed E-state index contributed by atoms with van der Waals surface area (Å²) < 4.78 is 0. The number of nitrogens with one attached hydrogen (secondary N) is 1. The van der Waals surface area contributed by atoms with Crippen LogP contribution in [0, 0.1) is 5.41 Å². The highest BCUT2D eigenvalue weighted by Crippen LogP contribution is 2.23. The third-order valence-corrected chi connectivity index (χ3v) is 3.75. The van der Waals surface area contributed by atoms with Crippen molar-refractivity contribution in [2.45, 2.75) is 38.1 Å². The van der Waals surface area contributed by atoms with Gasteiger partial charge >= 0.3 is 0 Å². The van der Waals surface area contributed by atoms with E-state index in [9.17, 15) is 0 Å². The van der Waals surface area contributed by atoms with Crippen molar-refractivity contribution in [1.82, 2.24) is 9.80 Å². The van der Waals surface area contributed by atoms with Gasteiger partial charge in [0.15, 0.2) is 5.96 Å². The van der Waals surface area contributed by atoms with Crippen molar-refractivity contribution in [2.24, 2.45) is 5.73 Å². The van der Waals surface area contributed by atoms with Gasteiger partial charge in [0.1, 0.15) is 0 Å². The molecule has 2 aliphatic rings. The van der Waals surface area contributed by atoms with Crippen molar-refractivity contribution in [3.63, 3.8) is 0 Å². The van der Waals surface area contributed by atoms with Gasteiger partial charge in [-0.15, -0.1) is 24.0 Å². The highest BCUT2D eigenvalue weighted by Gasteiger charge is 2.25. The van der Waals surface area contributed by atoms with E-state index in [0.29, 0.717) is 0 Å². The second kappa shape index (κ2) is 6.64. The van der Waals surface area contributed by atoms with Gasteiger partial charge in [0.05, 0.1) is 0 Å². The molecule has 16 heavy (non-hydrogen) atoms. The number of nitrogens with two attached hydrogens (primary N) is 1. The van der Waals surface area contributed by atoms with E-state index in [1.807, 2.05) is 4.90 Å². The fraction of sp³-hybridized carbons (Fsp3) is 0.909. The van der Waals surface area contributed by atoms with E-state index in [1.165, 1.54) is 32.1 Å². The standard InChI is InChI=1S/C11H22N4.HI/c12-11(13)15-8-6-14(7-9-15)10-4-2-1-3-5-10;/h10H,1-9H2,(H3,12,13);1H. The van der Waals surface area contributed by atoms with Gasteiger partial charge in [0.2, 0.25) is 0 Å². The summed E-state index contributed by atoms with van der Waals surface area (Å²) in [5, 5.41) is 7.38. The monoisotopic (exact) mass is 338 g/mol. The first-order valence-electron chi connectivity index (χ1n) is 6.10. The molecule has 1 heterocycles. The van der Waals surface area contributed by atoms with Crippen LogP contribution in [0.5, 0.6) is 0 Å². The van der Waals surface area contributed by atoms with E-state index < -0.39 is 0 Å². The Hall–Kier alpha value is -0.0400. The molecule has 4 nitrogen and oxygen atoms in total. The van der Waals surface area contributed by atoms with Crippen LogP contribution < -0.4 is 5.73 Å².